The minimum Gasteiger partial charge on any atom is -0.311 e. The molecule has 1 rings (SSSR count). The molecule has 0 bridgehead atoms. The number of likely N-dealkylation sites (N-methyl/N-ethyl adjacent to an activating group) is 1. The van der Waals surface area contributed by atoms with E-state index < -0.39 is 0 Å². The second-order valence-electron chi connectivity index (χ2n) is 4.51. The molecule has 0 radical (unpaired) electrons. The third-order valence-electron chi connectivity index (χ3n) is 2.94. The van der Waals surface area contributed by atoms with Gasteiger partial charge < -0.3 is 10.2 Å². The molecule has 2 nitrogen and oxygen atoms in total. The molecule has 1 unspecified atom stereocenters. The molecule has 0 fully saturated rings. The second kappa shape index (κ2) is 5.97. The Balaban J connectivity index is 2.43. The second-order valence-corrected chi connectivity index (χ2v) is 4.51. The maximum Gasteiger partial charge on any atom is 0.123 e. The molecule has 1 aromatic carbocycles. The smallest absolute Gasteiger partial charge is 0.123 e. The lowest BCUT2D eigenvalue weighted by Gasteiger charge is -2.20. The van der Waals surface area contributed by atoms with E-state index in [4.69, 9.17) is 0 Å². The average Bonchev–Trinajstić information content (AvgIpc) is 2.20. The molecular weight excluding hydrogens is 203 g/mol. The first-order chi connectivity index (χ1) is 7.50. The van der Waals surface area contributed by atoms with Crippen molar-refractivity contribution in [2.45, 2.75) is 26.4 Å². The summed E-state index contributed by atoms with van der Waals surface area (Å²) in [4.78, 5) is 2.17. The zero-order valence-corrected chi connectivity index (χ0v) is 10.5. The Morgan fingerprint density at radius 3 is 2.62 bits per heavy atom. The minimum absolute atomic E-state index is 0.164. The van der Waals surface area contributed by atoms with Crippen molar-refractivity contribution in [3.05, 3.63) is 35.1 Å². The summed E-state index contributed by atoms with van der Waals surface area (Å²) in [5.41, 5.74) is 2.16. The zero-order valence-electron chi connectivity index (χ0n) is 10.5. The highest BCUT2D eigenvalue weighted by atomic mass is 19.1. The van der Waals surface area contributed by atoms with Gasteiger partial charge in [-0.15, -0.1) is 0 Å². The van der Waals surface area contributed by atoms with Crippen LogP contribution in [0.5, 0.6) is 0 Å². The van der Waals surface area contributed by atoms with Gasteiger partial charge in [0.05, 0.1) is 0 Å². The molecule has 1 aromatic rings. The Labute approximate surface area is 97.5 Å². The Morgan fingerprint density at radius 1 is 1.38 bits per heavy atom. The summed E-state index contributed by atoms with van der Waals surface area (Å²) < 4.78 is 12.9. The molecule has 0 aliphatic carbocycles. The number of benzene rings is 1. The molecule has 0 aliphatic rings. The molecule has 1 atom stereocenters. The van der Waals surface area contributed by atoms with E-state index in [0.717, 1.165) is 24.2 Å². The summed E-state index contributed by atoms with van der Waals surface area (Å²) in [6.07, 6.45) is 0. The summed E-state index contributed by atoms with van der Waals surface area (Å²) in [7, 11) is 4.13. The monoisotopic (exact) mass is 224 g/mol. The van der Waals surface area contributed by atoms with Crippen molar-refractivity contribution in [3.63, 3.8) is 0 Å². The van der Waals surface area contributed by atoms with E-state index in [0.29, 0.717) is 6.04 Å². The molecule has 0 amide bonds. The van der Waals surface area contributed by atoms with Crippen LogP contribution in [0.15, 0.2) is 18.2 Å². The quantitative estimate of drug-likeness (QED) is 0.824. The van der Waals surface area contributed by atoms with Gasteiger partial charge in [0.15, 0.2) is 0 Å². The Kier molecular flexibility index (Phi) is 4.90. The van der Waals surface area contributed by atoms with E-state index in [1.807, 2.05) is 13.0 Å². The van der Waals surface area contributed by atoms with Gasteiger partial charge in [-0.3, -0.25) is 0 Å². The number of nitrogens with zero attached hydrogens (tertiary/aromatic N) is 1. The van der Waals surface area contributed by atoms with Crippen LogP contribution in [-0.2, 0) is 6.54 Å². The van der Waals surface area contributed by atoms with Crippen molar-refractivity contribution in [2.24, 2.45) is 0 Å². The summed E-state index contributed by atoms with van der Waals surface area (Å²) in [5.74, 6) is -0.164. The van der Waals surface area contributed by atoms with Crippen LogP contribution in [0.3, 0.4) is 0 Å². The Morgan fingerprint density at radius 2 is 2.06 bits per heavy atom. The van der Waals surface area contributed by atoms with Gasteiger partial charge in [-0.1, -0.05) is 6.07 Å². The molecule has 0 saturated heterocycles. The number of nitrogens with one attached hydrogen (secondary N) is 1. The molecule has 3 heteroatoms. The van der Waals surface area contributed by atoms with Gasteiger partial charge in [-0.05, 0) is 51.2 Å². The van der Waals surface area contributed by atoms with E-state index in [-0.39, 0.29) is 5.82 Å². The van der Waals surface area contributed by atoms with E-state index in [2.05, 4.69) is 31.2 Å². The molecule has 0 aromatic heterocycles. The predicted molar refractivity (Wildman–Crippen MR) is 66.0 cm³/mol. The fraction of sp³-hybridized carbons (Fsp3) is 0.538. The van der Waals surface area contributed by atoms with Crippen molar-refractivity contribution in [3.8, 4) is 0 Å². The lowest BCUT2D eigenvalue weighted by Crippen LogP contribution is -2.35. The topological polar surface area (TPSA) is 15.3 Å². The highest BCUT2D eigenvalue weighted by molar-refractivity contribution is 5.26. The summed E-state index contributed by atoms with van der Waals surface area (Å²) in [6.45, 7) is 5.84. The molecule has 0 saturated carbocycles. The van der Waals surface area contributed by atoms with Crippen LogP contribution in [-0.4, -0.2) is 31.6 Å². The highest BCUT2D eigenvalue weighted by Crippen LogP contribution is 2.09. The molecule has 1 N–H and O–H groups in total. The number of hydrogen-bond acceptors (Lipinski definition) is 2. The zero-order chi connectivity index (χ0) is 12.1. The van der Waals surface area contributed by atoms with Gasteiger partial charge in [0.25, 0.3) is 0 Å². The predicted octanol–water partition coefficient (Wildman–Crippen LogP) is 2.17. The number of rotatable bonds is 5. The van der Waals surface area contributed by atoms with Crippen LogP contribution in [0.2, 0.25) is 0 Å². The molecule has 90 valence electrons. The summed E-state index contributed by atoms with van der Waals surface area (Å²) in [6, 6.07) is 5.43. The van der Waals surface area contributed by atoms with Gasteiger partial charge in [-0.25, -0.2) is 4.39 Å². The number of aryl methyl sites for hydroxylation is 1. The Bertz CT molecular complexity index is 337. The fourth-order valence-corrected chi connectivity index (χ4v) is 1.46. The van der Waals surface area contributed by atoms with Crippen molar-refractivity contribution in [1.29, 1.82) is 0 Å². The third-order valence-corrected chi connectivity index (χ3v) is 2.94. The lowest BCUT2D eigenvalue weighted by molar-refractivity contribution is 0.302. The van der Waals surface area contributed by atoms with E-state index in [9.17, 15) is 4.39 Å². The molecule has 0 spiro atoms. The lowest BCUT2D eigenvalue weighted by atomic mass is 10.1. The average molecular weight is 224 g/mol. The first-order valence-electron chi connectivity index (χ1n) is 5.63. The molecule has 16 heavy (non-hydrogen) atoms. The largest absolute Gasteiger partial charge is 0.311 e. The van der Waals surface area contributed by atoms with Crippen molar-refractivity contribution < 1.29 is 4.39 Å². The van der Waals surface area contributed by atoms with Gasteiger partial charge in [0.2, 0.25) is 0 Å². The van der Waals surface area contributed by atoms with Crippen molar-refractivity contribution in [1.82, 2.24) is 10.2 Å². The molecule has 0 heterocycles. The van der Waals surface area contributed by atoms with Crippen molar-refractivity contribution in [2.75, 3.05) is 20.6 Å². The van der Waals surface area contributed by atoms with Gasteiger partial charge in [-0.2, -0.15) is 0 Å². The minimum atomic E-state index is -0.164. The maximum absolute atomic E-state index is 12.9. The van der Waals surface area contributed by atoms with Crippen molar-refractivity contribution >= 4 is 0 Å². The van der Waals surface area contributed by atoms with Crippen LogP contribution in [0.4, 0.5) is 4.39 Å². The highest BCUT2D eigenvalue weighted by Gasteiger charge is 2.04. The summed E-state index contributed by atoms with van der Waals surface area (Å²) in [5, 5.41) is 3.38. The van der Waals surface area contributed by atoms with Gasteiger partial charge in [0.1, 0.15) is 5.82 Å². The van der Waals surface area contributed by atoms with Gasteiger partial charge >= 0.3 is 0 Å². The normalized spacial score (nSPS) is 13.1. The Hall–Kier alpha value is -0.930. The van der Waals surface area contributed by atoms with E-state index in [1.54, 1.807) is 6.07 Å². The van der Waals surface area contributed by atoms with Crippen LogP contribution in [0, 0.1) is 12.7 Å². The summed E-state index contributed by atoms with van der Waals surface area (Å²) >= 11 is 0. The maximum atomic E-state index is 12.9. The standard InChI is InChI=1S/C13H21FN2/c1-10-7-13(14)6-5-12(10)9-15-8-11(2)16(3)4/h5-7,11,15H,8-9H2,1-4H3. The third kappa shape index (κ3) is 3.91. The fourth-order valence-electron chi connectivity index (χ4n) is 1.46. The molecular formula is C13H21FN2. The van der Waals surface area contributed by atoms with E-state index >= 15 is 0 Å². The molecule has 0 aliphatic heterocycles. The first-order valence-corrected chi connectivity index (χ1v) is 5.63. The van der Waals surface area contributed by atoms with Gasteiger partial charge in [0, 0.05) is 19.1 Å². The van der Waals surface area contributed by atoms with Crippen LogP contribution < -0.4 is 5.32 Å². The SMILES string of the molecule is Cc1cc(F)ccc1CNCC(C)N(C)C. The van der Waals surface area contributed by atoms with Crippen LogP contribution >= 0.6 is 0 Å². The first kappa shape index (κ1) is 13.1. The number of hydrogen-bond donors (Lipinski definition) is 1. The van der Waals surface area contributed by atoms with E-state index in [1.165, 1.54) is 6.07 Å². The van der Waals surface area contributed by atoms with Crippen LogP contribution in [0.1, 0.15) is 18.1 Å². The number of halogens is 1. The van der Waals surface area contributed by atoms with Crippen LogP contribution in [0.25, 0.3) is 0 Å².